The highest BCUT2D eigenvalue weighted by molar-refractivity contribution is 6.30. The molecule has 0 bridgehead atoms. The maximum atomic E-state index is 13.0. The van der Waals surface area contributed by atoms with Crippen LogP contribution in [0, 0.1) is 5.92 Å². The average Bonchev–Trinajstić information content (AvgIpc) is 3.45. The molecule has 1 N–H and O–H groups in total. The first-order valence-corrected chi connectivity index (χ1v) is 15.8. The van der Waals surface area contributed by atoms with Crippen LogP contribution < -0.4 is 5.32 Å². The molecule has 2 aromatic rings. The number of nitrogens with one attached hydrogen (secondary N) is 1. The number of piperidine rings is 1. The van der Waals surface area contributed by atoms with Gasteiger partial charge in [-0.1, -0.05) is 85.8 Å². The summed E-state index contributed by atoms with van der Waals surface area (Å²) in [6.07, 6.45) is 12.6. The molecule has 2 amide bonds. The molecule has 1 aliphatic carbocycles. The van der Waals surface area contributed by atoms with Crippen molar-refractivity contribution in [3.05, 3.63) is 95.6 Å². The number of rotatable bonds is 11. The molecule has 0 spiro atoms. The Morgan fingerprint density at radius 1 is 1.05 bits per heavy atom. The highest BCUT2D eigenvalue weighted by Crippen LogP contribution is 2.31. The fourth-order valence-electron chi connectivity index (χ4n) is 6.15. The van der Waals surface area contributed by atoms with Crippen molar-refractivity contribution in [2.45, 2.75) is 77.5 Å². The van der Waals surface area contributed by atoms with E-state index >= 15 is 0 Å². The van der Waals surface area contributed by atoms with E-state index in [-0.39, 0.29) is 6.03 Å². The molecule has 6 heteroatoms. The predicted octanol–water partition coefficient (Wildman–Crippen LogP) is 7.78. The van der Waals surface area contributed by atoms with Crippen molar-refractivity contribution in [1.82, 2.24) is 20.0 Å². The maximum absolute atomic E-state index is 13.0. The summed E-state index contributed by atoms with van der Waals surface area (Å²) in [5.41, 5.74) is 2.44. The molecule has 41 heavy (non-hydrogen) atoms. The second kappa shape index (κ2) is 18.0. The number of amides is 2. The van der Waals surface area contributed by atoms with E-state index in [2.05, 4.69) is 64.8 Å². The van der Waals surface area contributed by atoms with Gasteiger partial charge in [-0.15, -0.1) is 0 Å². The Bertz CT molecular complexity index is 1070. The van der Waals surface area contributed by atoms with Crippen LogP contribution in [0.3, 0.4) is 0 Å². The summed E-state index contributed by atoms with van der Waals surface area (Å²) < 4.78 is 0. The Balaban J connectivity index is 0.000000850. The molecule has 2 fully saturated rings. The molecule has 0 radical (unpaired) electrons. The van der Waals surface area contributed by atoms with Crippen LogP contribution in [0.5, 0.6) is 0 Å². The summed E-state index contributed by atoms with van der Waals surface area (Å²) in [5, 5.41) is 3.97. The minimum atomic E-state index is 0.0838. The Kier molecular flexibility index (Phi) is 14.5. The van der Waals surface area contributed by atoms with Crippen LogP contribution in [0.4, 0.5) is 4.79 Å². The molecule has 1 saturated carbocycles. The number of hydrogen-bond acceptors (Lipinski definition) is 3. The molecule has 4 rings (SSSR count). The molecular formula is C35H51ClN4O. The minimum Gasteiger partial charge on any atom is -0.334 e. The van der Waals surface area contributed by atoms with Crippen molar-refractivity contribution in [3.63, 3.8) is 0 Å². The zero-order chi connectivity index (χ0) is 29.5. The van der Waals surface area contributed by atoms with Crippen LogP contribution in [0.15, 0.2) is 79.4 Å². The van der Waals surface area contributed by atoms with Crippen molar-refractivity contribution in [3.8, 4) is 0 Å². The predicted molar refractivity (Wildman–Crippen MR) is 174 cm³/mol. The zero-order valence-electron chi connectivity index (χ0n) is 25.5. The lowest BCUT2D eigenvalue weighted by molar-refractivity contribution is 0.110. The van der Waals surface area contributed by atoms with Crippen LogP contribution in [0.2, 0.25) is 5.02 Å². The quantitative estimate of drug-likeness (QED) is 0.277. The lowest BCUT2D eigenvalue weighted by Gasteiger charge is -2.39. The number of carbonyl (C=O) groups is 1. The molecule has 224 valence electrons. The fraction of sp³-hybridized carbons (Fsp3) is 0.514. The van der Waals surface area contributed by atoms with Gasteiger partial charge in [0.05, 0.1) is 0 Å². The Morgan fingerprint density at radius 3 is 2.41 bits per heavy atom. The van der Waals surface area contributed by atoms with Crippen LogP contribution >= 0.6 is 11.6 Å². The summed E-state index contributed by atoms with van der Waals surface area (Å²) in [5.74, 6) is 0.772. The number of halogens is 1. The third-order valence-electron chi connectivity index (χ3n) is 8.31. The molecule has 5 nitrogen and oxygen atoms in total. The van der Waals surface area contributed by atoms with Crippen LogP contribution in [0.25, 0.3) is 0 Å². The molecular weight excluding hydrogens is 528 g/mol. The van der Waals surface area contributed by atoms with E-state index in [0.29, 0.717) is 18.6 Å². The van der Waals surface area contributed by atoms with Gasteiger partial charge in [-0.2, -0.15) is 0 Å². The van der Waals surface area contributed by atoms with Crippen molar-refractivity contribution in [2.24, 2.45) is 5.92 Å². The topological polar surface area (TPSA) is 38.8 Å². The lowest BCUT2D eigenvalue weighted by atomic mass is 10.00. The van der Waals surface area contributed by atoms with Gasteiger partial charge in [-0.25, -0.2) is 4.79 Å². The van der Waals surface area contributed by atoms with Crippen molar-refractivity contribution in [2.75, 3.05) is 33.2 Å². The Labute approximate surface area is 254 Å². The van der Waals surface area contributed by atoms with Crippen molar-refractivity contribution >= 4 is 17.6 Å². The third kappa shape index (κ3) is 11.3. The lowest BCUT2D eigenvalue weighted by Crippen LogP contribution is -2.51. The standard InChI is InChI=1S/C30H43ClN4O.C5H8/c1-3-16-35(30(36)32-21-24-8-5-4-6-9-24)28-14-17-34(18-15-28)23-26-12-13-29(20-26)33(2)22-25-10-7-11-27(31)19-25;1-3-5-4-2/h4-11,19,26,28-29H,3,12-18,20-23H2,1-2H3,(H,32,36);3-5H,1H2,2H3/b;5-4-. The number of likely N-dealkylation sites (tertiary alicyclic amines) is 1. The minimum absolute atomic E-state index is 0.0838. The van der Waals surface area contributed by atoms with E-state index in [1.807, 2.05) is 49.4 Å². The summed E-state index contributed by atoms with van der Waals surface area (Å²) in [6, 6.07) is 19.5. The highest BCUT2D eigenvalue weighted by Gasteiger charge is 2.32. The smallest absolute Gasteiger partial charge is 0.317 e. The second-order valence-corrected chi connectivity index (χ2v) is 11.9. The van der Waals surface area contributed by atoms with Gasteiger partial charge in [0.2, 0.25) is 0 Å². The molecule has 2 unspecified atom stereocenters. The van der Waals surface area contributed by atoms with E-state index < -0.39 is 0 Å². The van der Waals surface area contributed by atoms with Gasteiger partial charge >= 0.3 is 6.03 Å². The molecule has 2 aromatic carbocycles. The zero-order valence-corrected chi connectivity index (χ0v) is 26.2. The number of carbonyl (C=O) groups excluding carboxylic acids is 1. The first kappa shape index (κ1) is 32.9. The van der Waals surface area contributed by atoms with Crippen LogP contribution in [-0.4, -0.2) is 66.0 Å². The number of allylic oxidation sites excluding steroid dienone is 3. The van der Waals surface area contributed by atoms with Gasteiger partial charge in [-0.05, 0) is 81.7 Å². The number of benzene rings is 2. The molecule has 2 aliphatic rings. The third-order valence-corrected chi connectivity index (χ3v) is 8.55. The molecule has 0 aromatic heterocycles. The van der Waals surface area contributed by atoms with Gasteiger partial charge in [0.15, 0.2) is 0 Å². The largest absolute Gasteiger partial charge is 0.334 e. The van der Waals surface area contributed by atoms with Crippen LogP contribution in [0.1, 0.15) is 63.5 Å². The van der Waals surface area contributed by atoms with Gasteiger partial charge in [0.25, 0.3) is 0 Å². The van der Waals surface area contributed by atoms with E-state index in [4.69, 9.17) is 11.6 Å². The van der Waals surface area contributed by atoms with Crippen molar-refractivity contribution < 1.29 is 4.79 Å². The average molecular weight is 579 g/mol. The maximum Gasteiger partial charge on any atom is 0.317 e. The van der Waals surface area contributed by atoms with Crippen molar-refractivity contribution in [1.29, 1.82) is 0 Å². The number of urea groups is 1. The van der Waals surface area contributed by atoms with Gasteiger partial charge < -0.3 is 15.1 Å². The monoisotopic (exact) mass is 578 g/mol. The second-order valence-electron chi connectivity index (χ2n) is 11.5. The SMILES string of the molecule is C=C/C=C\C.CCCN(C(=O)NCc1ccccc1)C1CCN(CC2CCC(N(C)Cc3cccc(Cl)c3)C2)CC1. The first-order valence-electron chi connectivity index (χ1n) is 15.4. The molecule has 1 heterocycles. The van der Waals surface area contributed by atoms with Gasteiger partial charge in [0, 0.05) is 56.4 Å². The normalized spacial score (nSPS) is 19.6. The first-order chi connectivity index (χ1) is 19.9. The molecule has 2 atom stereocenters. The van der Waals surface area contributed by atoms with E-state index in [1.54, 1.807) is 6.08 Å². The van der Waals surface area contributed by atoms with Gasteiger partial charge in [0.1, 0.15) is 0 Å². The summed E-state index contributed by atoms with van der Waals surface area (Å²) in [7, 11) is 2.25. The summed E-state index contributed by atoms with van der Waals surface area (Å²) in [4.78, 5) is 20.3. The molecule has 1 saturated heterocycles. The Hall–Kier alpha value is -2.60. The summed E-state index contributed by atoms with van der Waals surface area (Å²) >= 11 is 6.18. The van der Waals surface area contributed by atoms with Gasteiger partial charge in [-0.3, -0.25) is 4.90 Å². The van der Waals surface area contributed by atoms with E-state index in [9.17, 15) is 4.79 Å². The van der Waals surface area contributed by atoms with Crippen LogP contribution in [-0.2, 0) is 13.1 Å². The number of hydrogen-bond donors (Lipinski definition) is 1. The number of nitrogens with zero attached hydrogens (tertiary/aromatic N) is 3. The summed E-state index contributed by atoms with van der Waals surface area (Å²) in [6.45, 7) is 13.3. The van der Waals surface area contributed by atoms with E-state index in [0.717, 1.165) is 61.9 Å². The highest BCUT2D eigenvalue weighted by atomic mass is 35.5. The Morgan fingerprint density at radius 2 is 1.78 bits per heavy atom. The molecule has 1 aliphatic heterocycles. The fourth-order valence-corrected chi connectivity index (χ4v) is 6.36. The van der Waals surface area contributed by atoms with E-state index in [1.165, 1.54) is 31.4 Å².